The number of benzene rings is 1. The number of hydrogen-bond donors (Lipinski definition) is 1. The average Bonchev–Trinajstić information content (AvgIpc) is 2.31. The molecule has 1 rings (SSSR count). The fourth-order valence-electron chi connectivity index (χ4n) is 1.40. The largest absolute Gasteiger partial charge is 0.310 e. The highest BCUT2D eigenvalue weighted by Crippen LogP contribution is 2.19. The summed E-state index contributed by atoms with van der Waals surface area (Å²) in [7, 11) is 1.84. The third-order valence-corrected chi connectivity index (χ3v) is 3.63. The topological polar surface area (TPSA) is 29.1 Å². The van der Waals surface area contributed by atoms with E-state index in [4.69, 9.17) is 0 Å². The van der Waals surface area contributed by atoms with Crippen molar-refractivity contribution in [3.05, 3.63) is 29.8 Å². The molecule has 0 unspecified atom stereocenters. The van der Waals surface area contributed by atoms with Crippen LogP contribution in [0, 0.1) is 6.92 Å². The van der Waals surface area contributed by atoms with Gasteiger partial charge >= 0.3 is 0 Å². The summed E-state index contributed by atoms with van der Waals surface area (Å²) in [5, 5.41) is 3.06. The molecule has 0 saturated heterocycles. The van der Waals surface area contributed by atoms with E-state index in [1.54, 1.807) is 11.8 Å². The zero-order chi connectivity index (χ0) is 12.0. The fourth-order valence-corrected chi connectivity index (χ4v) is 2.44. The Hall–Kier alpha value is -0.800. The van der Waals surface area contributed by atoms with Crippen molar-refractivity contribution in [2.24, 2.45) is 0 Å². The first-order valence-electron chi connectivity index (χ1n) is 5.56. The molecule has 2 nitrogen and oxygen atoms in total. The predicted molar refractivity (Wildman–Crippen MR) is 70.0 cm³/mol. The SMILES string of the molecule is CCC(=O)[C@H](CSc1ccc(C)cc1)NC. The summed E-state index contributed by atoms with van der Waals surface area (Å²) in [4.78, 5) is 12.8. The van der Waals surface area contributed by atoms with Gasteiger partial charge in [0, 0.05) is 17.1 Å². The van der Waals surface area contributed by atoms with Gasteiger partial charge in [0.1, 0.15) is 5.78 Å². The molecule has 1 aromatic rings. The van der Waals surface area contributed by atoms with Crippen LogP contribution in [0.4, 0.5) is 0 Å². The lowest BCUT2D eigenvalue weighted by atomic mass is 10.2. The smallest absolute Gasteiger partial charge is 0.150 e. The molecule has 0 fully saturated rings. The first-order chi connectivity index (χ1) is 7.67. The Labute approximate surface area is 102 Å². The van der Waals surface area contributed by atoms with Crippen molar-refractivity contribution in [1.29, 1.82) is 0 Å². The number of rotatable bonds is 6. The van der Waals surface area contributed by atoms with Crippen LogP contribution in [0.5, 0.6) is 0 Å². The van der Waals surface area contributed by atoms with E-state index in [1.807, 2.05) is 14.0 Å². The predicted octanol–water partition coefficient (Wildman–Crippen LogP) is 2.65. The maximum atomic E-state index is 11.5. The second-order valence-corrected chi connectivity index (χ2v) is 4.88. The molecule has 3 heteroatoms. The van der Waals surface area contributed by atoms with Crippen LogP contribution in [0.1, 0.15) is 18.9 Å². The van der Waals surface area contributed by atoms with Gasteiger partial charge in [-0.2, -0.15) is 0 Å². The normalized spacial score (nSPS) is 12.4. The van der Waals surface area contributed by atoms with E-state index in [0.717, 1.165) is 5.75 Å². The molecule has 0 amide bonds. The van der Waals surface area contributed by atoms with Crippen molar-refractivity contribution in [2.45, 2.75) is 31.2 Å². The number of nitrogens with one attached hydrogen (secondary N) is 1. The third-order valence-electron chi connectivity index (χ3n) is 2.52. The number of likely N-dealkylation sites (N-methyl/N-ethyl adjacent to an activating group) is 1. The van der Waals surface area contributed by atoms with E-state index in [1.165, 1.54) is 10.5 Å². The van der Waals surface area contributed by atoms with Gasteiger partial charge in [-0.1, -0.05) is 24.6 Å². The first-order valence-corrected chi connectivity index (χ1v) is 6.55. The van der Waals surface area contributed by atoms with Gasteiger partial charge in [0.2, 0.25) is 0 Å². The van der Waals surface area contributed by atoms with Gasteiger partial charge < -0.3 is 5.32 Å². The van der Waals surface area contributed by atoms with Crippen molar-refractivity contribution in [3.8, 4) is 0 Å². The van der Waals surface area contributed by atoms with E-state index in [9.17, 15) is 4.79 Å². The second-order valence-electron chi connectivity index (χ2n) is 3.79. The molecule has 16 heavy (non-hydrogen) atoms. The Balaban J connectivity index is 2.49. The fraction of sp³-hybridized carbons (Fsp3) is 0.462. The average molecular weight is 237 g/mol. The number of thioether (sulfide) groups is 1. The molecule has 88 valence electrons. The zero-order valence-corrected chi connectivity index (χ0v) is 10.9. The van der Waals surface area contributed by atoms with Gasteiger partial charge in [-0.25, -0.2) is 0 Å². The van der Waals surface area contributed by atoms with Crippen molar-refractivity contribution < 1.29 is 4.79 Å². The van der Waals surface area contributed by atoms with E-state index in [0.29, 0.717) is 6.42 Å². The number of aryl methyl sites for hydroxylation is 1. The van der Waals surface area contributed by atoms with Crippen LogP contribution in [0.3, 0.4) is 0 Å². The molecule has 0 aliphatic carbocycles. The molecule has 0 saturated carbocycles. The summed E-state index contributed by atoms with van der Waals surface area (Å²) in [6.45, 7) is 3.98. The van der Waals surface area contributed by atoms with Crippen LogP contribution in [-0.2, 0) is 4.79 Å². The molecule has 0 spiro atoms. The van der Waals surface area contributed by atoms with Gasteiger partial charge in [0.15, 0.2) is 0 Å². The van der Waals surface area contributed by atoms with Crippen LogP contribution in [0.25, 0.3) is 0 Å². The number of carbonyl (C=O) groups excluding carboxylic acids is 1. The Kier molecular flexibility index (Phi) is 5.56. The number of Topliss-reactive ketones (excluding diaryl/α,β-unsaturated/α-hetero) is 1. The van der Waals surface area contributed by atoms with Gasteiger partial charge in [0.05, 0.1) is 6.04 Å². The Morgan fingerprint density at radius 2 is 2.00 bits per heavy atom. The van der Waals surface area contributed by atoms with Crippen molar-refractivity contribution in [2.75, 3.05) is 12.8 Å². The van der Waals surface area contributed by atoms with Crippen LogP contribution in [-0.4, -0.2) is 24.6 Å². The Morgan fingerprint density at radius 1 is 1.38 bits per heavy atom. The van der Waals surface area contributed by atoms with E-state index in [2.05, 4.69) is 36.5 Å². The Bertz CT molecular complexity index is 334. The minimum Gasteiger partial charge on any atom is -0.310 e. The number of carbonyl (C=O) groups is 1. The quantitative estimate of drug-likeness (QED) is 0.771. The molecule has 0 bridgehead atoms. The summed E-state index contributed by atoms with van der Waals surface area (Å²) >= 11 is 1.72. The summed E-state index contributed by atoms with van der Waals surface area (Å²) in [6, 6.07) is 8.36. The standard InChI is InChI=1S/C13H19NOS/c1-4-13(15)12(14-3)9-16-11-7-5-10(2)6-8-11/h5-8,12,14H,4,9H2,1-3H3/t12-/m0/s1. The van der Waals surface area contributed by atoms with Gasteiger partial charge in [-0.05, 0) is 26.1 Å². The molecule has 0 aliphatic rings. The molecule has 1 N–H and O–H groups in total. The minimum atomic E-state index is -0.0312. The molecule has 1 aromatic carbocycles. The molecule has 0 aromatic heterocycles. The molecule has 0 aliphatic heterocycles. The van der Waals surface area contributed by atoms with Crippen LogP contribution >= 0.6 is 11.8 Å². The van der Waals surface area contributed by atoms with E-state index >= 15 is 0 Å². The monoisotopic (exact) mass is 237 g/mol. The summed E-state index contributed by atoms with van der Waals surface area (Å²) in [6.07, 6.45) is 0.597. The highest BCUT2D eigenvalue weighted by Gasteiger charge is 2.14. The first kappa shape index (κ1) is 13.3. The summed E-state index contributed by atoms with van der Waals surface area (Å²) in [5.74, 6) is 1.08. The molecular formula is C13H19NOS. The molecule has 1 atom stereocenters. The maximum absolute atomic E-state index is 11.5. The van der Waals surface area contributed by atoms with Crippen LogP contribution < -0.4 is 5.32 Å². The molecular weight excluding hydrogens is 218 g/mol. The Morgan fingerprint density at radius 3 is 2.50 bits per heavy atom. The lowest BCUT2D eigenvalue weighted by molar-refractivity contribution is -0.120. The maximum Gasteiger partial charge on any atom is 0.150 e. The van der Waals surface area contributed by atoms with E-state index < -0.39 is 0 Å². The van der Waals surface area contributed by atoms with Crippen LogP contribution in [0.2, 0.25) is 0 Å². The van der Waals surface area contributed by atoms with Crippen molar-refractivity contribution in [3.63, 3.8) is 0 Å². The van der Waals surface area contributed by atoms with Crippen molar-refractivity contribution >= 4 is 17.5 Å². The van der Waals surface area contributed by atoms with Crippen LogP contribution in [0.15, 0.2) is 29.2 Å². The number of hydrogen-bond acceptors (Lipinski definition) is 3. The second kappa shape index (κ2) is 6.71. The van der Waals surface area contributed by atoms with E-state index in [-0.39, 0.29) is 11.8 Å². The highest BCUT2D eigenvalue weighted by molar-refractivity contribution is 7.99. The van der Waals surface area contributed by atoms with Gasteiger partial charge in [-0.3, -0.25) is 4.79 Å². The number of ketones is 1. The molecule has 0 radical (unpaired) electrons. The van der Waals surface area contributed by atoms with Crippen molar-refractivity contribution in [1.82, 2.24) is 5.32 Å². The minimum absolute atomic E-state index is 0.0312. The van der Waals surface area contributed by atoms with Gasteiger partial charge in [0.25, 0.3) is 0 Å². The highest BCUT2D eigenvalue weighted by atomic mass is 32.2. The molecule has 0 heterocycles. The summed E-state index contributed by atoms with van der Waals surface area (Å²) in [5.41, 5.74) is 1.26. The third kappa shape index (κ3) is 3.99. The lowest BCUT2D eigenvalue weighted by Gasteiger charge is -2.13. The van der Waals surface area contributed by atoms with Gasteiger partial charge in [-0.15, -0.1) is 11.8 Å². The zero-order valence-electron chi connectivity index (χ0n) is 10.1. The summed E-state index contributed by atoms with van der Waals surface area (Å²) < 4.78 is 0. The lowest BCUT2D eigenvalue weighted by Crippen LogP contribution is -2.35.